The van der Waals surface area contributed by atoms with Crippen LogP contribution in [0.15, 0.2) is 29.6 Å². The molecule has 0 aliphatic rings. The van der Waals surface area contributed by atoms with Gasteiger partial charge in [-0.1, -0.05) is 26.8 Å². The van der Waals surface area contributed by atoms with Gasteiger partial charge in [0.05, 0.1) is 17.8 Å². The van der Waals surface area contributed by atoms with Gasteiger partial charge in [0.25, 0.3) is 5.91 Å². The van der Waals surface area contributed by atoms with E-state index in [1.54, 1.807) is 12.1 Å². The third-order valence-electron chi connectivity index (χ3n) is 3.09. The highest BCUT2D eigenvalue weighted by Gasteiger charge is 2.17. The Balaban J connectivity index is 2.02. The molecule has 0 aliphatic heterocycles. The number of amides is 1. The quantitative estimate of drug-likeness (QED) is 0.908. The molecule has 0 atom stereocenters. The highest BCUT2D eigenvalue weighted by Crippen LogP contribution is 2.23. The number of nitrogens with one attached hydrogen (secondary N) is 1. The van der Waals surface area contributed by atoms with E-state index < -0.39 is 5.97 Å². The molecule has 6 heteroatoms. The van der Waals surface area contributed by atoms with Gasteiger partial charge in [-0.25, -0.2) is 9.78 Å². The molecule has 0 saturated carbocycles. The summed E-state index contributed by atoms with van der Waals surface area (Å²) in [5.74, 6) is -1.36. The van der Waals surface area contributed by atoms with Gasteiger partial charge >= 0.3 is 5.97 Å². The molecule has 22 heavy (non-hydrogen) atoms. The molecule has 1 aromatic carbocycles. The maximum absolute atomic E-state index is 12.1. The maximum atomic E-state index is 12.1. The molecule has 5 nitrogen and oxygen atoms in total. The van der Waals surface area contributed by atoms with Gasteiger partial charge in [-0.2, -0.15) is 0 Å². The molecule has 1 amide bonds. The zero-order valence-corrected chi connectivity index (χ0v) is 13.5. The van der Waals surface area contributed by atoms with Crippen LogP contribution in [0, 0.1) is 0 Å². The van der Waals surface area contributed by atoms with Gasteiger partial charge in [0, 0.05) is 16.4 Å². The number of thiazole rings is 1. The molecule has 1 heterocycles. The number of hydrogen-bond donors (Lipinski definition) is 2. The normalized spacial score (nSPS) is 11.2. The topological polar surface area (TPSA) is 79.3 Å². The van der Waals surface area contributed by atoms with Gasteiger partial charge in [0.15, 0.2) is 0 Å². The summed E-state index contributed by atoms with van der Waals surface area (Å²) in [4.78, 5) is 27.5. The largest absolute Gasteiger partial charge is 0.478 e. The Bertz CT molecular complexity index is 701. The Morgan fingerprint density at radius 1 is 1.27 bits per heavy atom. The van der Waals surface area contributed by atoms with E-state index in [9.17, 15) is 9.59 Å². The highest BCUT2D eigenvalue weighted by atomic mass is 32.1. The van der Waals surface area contributed by atoms with E-state index in [-0.39, 0.29) is 16.9 Å². The van der Waals surface area contributed by atoms with Crippen LogP contribution in [0.1, 0.15) is 52.2 Å². The predicted octanol–water partition coefficient (Wildman–Crippen LogP) is 3.07. The first-order valence-corrected chi connectivity index (χ1v) is 7.72. The SMILES string of the molecule is CC(C)(C)c1csc(CNC(=O)c2cccc(C(=O)O)c2)n1. The minimum atomic E-state index is -1.05. The number of aromatic carboxylic acids is 1. The summed E-state index contributed by atoms with van der Waals surface area (Å²) < 4.78 is 0. The van der Waals surface area contributed by atoms with Gasteiger partial charge < -0.3 is 10.4 Å². The van der Waals surface area contributed by atoms with Gasteiger partial charge in [0.1, 0.15) is 5.01 Å². The predicted molar refractivity (Wildman–Crippen MR) is 85.4 cm³/mol. The summed E-state index contributed by atoms with van der Waals surface area (Å²) in [6.07, 6.45) is 0. The van der Waals surface area contributed by atoms with Crippen molar-refractivity contribution in [2.75, 3.05) is 0 Å². The smallest absolute Gasteiger partial charge is 0.335 e. The second-order valence-corrected chi connectivity index (χ2v) is 6.89. The molecule has 2 aromatic rings. The van der Waals surface area contributed by atoms with E-state index in [4.69, 9.17) is 5.11 Å². The average Bonchev–Trinajstić information content (AvgIpc) is 2.94. The first kappa shape index (κ1) is 16.2. The fourth-order valence-electron chi connectivity index (χ4n) is 1.79. The highest BCUT2D eigenvalue weighted by molar-refractivity contribution is 7.09. The molecule has 0 radical (unpaired) electrons. The van der Waals surface area contributed by atoms with Crippen LogP contribution in [0.25, 0.3) is 0 Å². The summed E-state index contributed by atoms with van der Waals surface area (Å²) in [5, 5.41) is 14.5. The van der Waals surface area contributed by atoms with Crippen LogP contribution in [0.2, 0.25) is 0 Å². The van der Waals surface area contributed by atoms with Gasteiger partial charge in [-0.15, -0.1) is 11.3 Å². The van der Waals surface area contributed by atoms with E-state index in [0.29, 0.717) is 12.1 Å². The number of carboxylic acids is 1. The molecule has 0 saturated heterocycles. The van der Waals surface area contributed by atoms with Crippen molar-refractivity contribution in [1.29, 1.82) is 0 Å². The molecule has 2 N–H and O–H groups in total. The number of rotatable bonds is 4. The first-order chi connectivity index (χ1) is 10.3. The van der Waals surface area contributed by atoms with Crippen LogP contribution >= 0.6 is 11.3 Å². The van der Waals surface area contributed by atoms with Gasteiger partial charge in [-0.05, 0) is 18.2 Å². The average molecular weight is 318 g/mol. The molecule has 0 spiro atoms. The van der Waals surface area contributed by atoms with Crippen molar-refractivity contribution in [3.8, 4) is 0 Å². The molecule has 0 fully saturated rings. The minimum absolute atomic E-state index is 0.0193. The van der Waals surface area contributed by atoms with Gasteiger partial charge in [-0.3, -0.25) is 4.79 Å². The number of carbonyl (C=O) groups excluding carboxylic acids is 1. The lowest BCUT2D eigenvalue weighted by atomic mass is 9.93. The molecular weight excluding hydrogens is 300 g/mol. The third-order valence-corrected chi connectivity index (χ3v) is 3.94. The molecule has 1 aromatic heterocycles. The van der Waals surface area contributed by atoms with Crippen LogP contribution in [-0.4, -0.2) is 22.0 Å². The Hall–Kier alpha value is -2.21. The van der Waals surface area contributed by atoms with Crippen molar-refractivity contribution in [2.24, 2.45) is 0 Å². The summed E-state index contributed by atoms with van der Waals surface area (Å²) in [7, 11) is 0. The summed E-state index contributed by atoms with van der Waals surface area (Å²) in [6.45, 7) is 6.59. The second kappa shape index (κ2) is 6.27. The molecular formula is C16H18N2O3S. The van der Waals surface area contributed by atoms with Crippen molar-refractivity contribution in [3.63, 3.8) is 0 Å². The number of nitrogens with zero attached hydrogens (tertiary/aromatic N) is 1. The van der Waals surface area contributed by atoms with Crippen molar-refractivity contribution in [1.82, 2.24) is 10.3 Å². The molecule has 0 unspecified atom stereocenters. The maximum Gasteiger partial charge on any atom is 0.335 e. The minimum Gasteiger partial charge on any atom is -0.478 e. The van der Waals surface area contributed by atoms with E-state index in [0.717, 1.165) is 10.7 Å². The van der Waals surface area contributed by atoms with E-state index in [2.05, 4.69) is 31.1 Å². The van der Waals surface area contributed by atoms with Crippen LogP contribution in [-0.2, 0) is 12.0 Å². The Labute approximate surface area is 133 Å². The lowest BCUT2D eigenvalue weighted by Crippen LogP contribution is -2.23. The summed E-state index contributed by atoms with van der Waals surface area (Å²) in [6, 6.07) is 5.96. The van der Waals surface area contributed by atoms with E-state index >= 15 is 0 Å². The standard InChI is InChI=1S/C16H18N2O3S/c1-16(2,3)12-9-22-13(18-12)8-17-14(19)10-5-4-6-11(7-10)15(20)21/h4-7,9H,8H2,1-3H3,(H,17,19)(H,20,21). The third kappa shape index (κ3) is 3.92. The molecule has 0 bridgehead atoms. The number of aromatic nitrogens is 1. The van der Waals surface area contributed by atoms with Crippen LogP contribution < -0.4 is 5.32 Å². The fraction of sp³-hybridized carbons (Fsp3) is 0.312. The van der Waals surface area contributed by atoms with Crippen molar-refractivity contribution < 1.29 is 14.7 Å². The number of carbonyl (C=O) groups is 2. The van der Waals surface area contributed by atoms with Crippen LogP contribution in [0.4, 0.5) is 0 Å². The number of carboxylic acid groups (broad SMARTS) is 1. The molecule has 116 valence electrons. The Morgan fingerprint density at radius 2 is 1.95 bits per heavy atom. The lowest BCUT2D eigenvalue weighted by Gasteiger charge is -2.14. The van der Waals surface area contributed by atoms with Crippen LogP contribution in [0.3, 0.4) is 0 Å². The van der Waals surface area contributed by atoms with E-state index in [1.165, 1.54) is 23.5 Å². The second-order valence-electron chi connectivity index (χ2n) is 5.95. The Morgan fingerprint density at radius 3 is 2.55 bits per heavy atom. The zero-order valence-electron chi connectivity index (χ0n) is 12.7. The van der Waals surface area contributed by atoms with Crippen molar-refractivity contribution in [2.45, 2.75) is 32.7 Å². The van der Waals surface area contributed by atoms with Crippen molar-refractivity contribution in [3.05, 3.63) is 51.5 Å². The summed E-state index contributed by atoms with van der Waals surface area (Å²) >= 11 is 1.50. The monoisotopic (exact) mass is 318 g/mol. The number of benzene rings is 1. The Kier molecular flexibility index (Phi) is 4.61. The molecule has 0 aliphatic carbocycles. The van der Waals surface area contributed by atoms with Crippen LogP contribution in [0.5, 0.6) is 0 Å². The fourth-order valence-corrected chi connectivity index (χ4v) is 2.75. The number of hydrogen-bond acceptors (Lipinski definition) is 4. The first-order valence-electron chi connectivity index (χ1n) is 6.84. The lowest BCUT2D eigenvalue weighted by molar-refractivity contribution is 0.0697. The molecule has 2 rings (SSSR count). The van der Waals surface area contributed by atoms with Gasteiger partial charge in [0.2, 0.25) is 0 Å². The van der Waals surface area contributed by atoms with E-state index in [1.807, 2.05) is 5.38 Å². The summed E-state index contributed by atoms with van der Waals surface area (Å²) in [5.41, 5.74) is 1.40. The zero-order chi connectivity index (χ0) is 16.3. The van der Waals surface area contributed by atoms with Crippen molar-refractivity contribution >= 4 is 23.2 Å².